The maximum atomic E-state index is 12.7. The highest BCUT2D eigenvalue weighted by Gasteiger charge is 2.36. The van der Waals surface area contributed by atoms with Crippen molar-refractivity contribution in [3.05, 3.63) is 59.1 Å². The number of benzene rings is 2. The third-order valence-electron chi connectivity index (χ3n) is 5.23. The Balaban J connectivity index is 1.22. The number of aromatic nitrogens is 2. The molecule has 5 rings (SSSR count). The van der Waals surface area contributed by atoms with Crippen LogP contribution in [0.25, 0.3) is 0 Å². The van der Waals surface area contributed by atoms with E-state index in [0.717, 1.165) is 10.6 Å². The topological polar surface area (TPSA) is 93.7 Å². The minimum atomic E-state index is -0.456. The summed E-state index contributed by atoms with van der Waals surface area (Å²) in [5.74, 6) is 0.500. The van der Waals surface area contributed by atoms with Crippen LogP contribution in [0.4, 0.5) is 10.8 Å². The third-order valence-corrected chi connectivity index (χ3v) is 6.07. The summed E-state index contributed by atoms with van der Waals surface area (Å²) in [6.07, 6.45) is 0.810. The lowest BCUT2D eigenvalue weighted by molar-refractivity contribution is -0.122. The monoisotopic (exact) mass is 436 g/mol. The number of nitrogens with zero attached hydrogens (tertiary/aromatic N) is 3. The van der Waals surface area contributed by atoms with Gasteiger partial charge in [0.25, 0.3) is 0 Å². The molecule has 1 atom stereocenters. The molecule has 3 heterocycles. The van der Waals surface area contributed by atoms with Crippen molar-refractivity contribution in [1.82, 2.24) is 10.2 Å². The summed E-state index contributed by atoms with van der Waals surface area (Å²) < 4.78 is 11.1. The molecule has 2 aliphatic rings. The van der Waals surface area contributed by atoms with Crippen LogP contribution in [0.1, 0.15) is 17.0 Å². The molecular formula is C22H20N4O4S. The number of hydrogen-bond donors (Lipinski definition) is 1. The zero-order chi connectivity index (χ0) is 21.2. The van der Waals surface area contributed by atoms with E-state index in [1.54, 1.807) is 17.0 Å². The Hall–Kier alpha value is -3.46. The molecule has 9 heteroatoms. The van der Waals surface area contributed by atoms with Crippen LogP contribution in [0.2, 0.25) is 0 Å². The van der Waals surface area contributed by atoms with E-state index in [4.69, 9.17) is 9.47 Å². The molecule has 2 amide bonds. The van der Waals surface area contributed by atoms with Crippen molar-refractivity contribution in [3.63, 3.8) is 0 Å². The lowest BCUT2D eigenvalue weighted by Gasteiger charge is -2.22. The number of rotatable bonds is 5. The number of amides is 2. The summed E-state index contributed by atoms with van der Waals surface area (Å²) in [5.41, 5.74) is 1.83. The van der Waals surface area contributed by atoms with Crippen LogP contribution < -0.4 is 19.7 Å². The number of ether oxygens (including phenoxy) is 2. The molecule has 2 aliphatic heterocycles. The maximum absolute atomic E-state index is 12.7. The van der Waals surface area contributed by atoms with Crippen molar-refractivity contribution in [2.45, 2.75) is 12.8 Å². The largest absolute Gasteiger partial charge is 0.486 e. The summed E-state index contributed by atoms with van der Waals surface area (Å²) in [7, 11) is 0. The number of hydrogen-bond acceptors (Lipinski definition) is 7. The minimum Gasteiger partial charge on any atom is -0.486 e. The first-order chi connectivity index (χ1) is 15.2. The second-order valence-corrected chi connectivity index (χ2v) is 8.45. The zero-order valence-electron chi connectivity index (χ0n) is 16.6. The summed E-state index contributed by atoms with van der Waals surface area (Å²) in [5, 5.41) is 12.3. The molecule has 158 valence electrons. The predicted octanol–water partition coefficient (Wildman–Crippen LogP) is 2.89. The highest BCUT2D eigenvalue weighted by atomic mass is 32.1. The number of anilines is 2. The standard InChI is InChI=1S/C22H20N4O4S/c27-20-11-15(13-26(20)16-6-7-17-18(12-16)30-9-8-29-17)21(28)23-22-25-24-19(31-22)10-14-4-2-1-3-5-14/h1-7,12,15H,8-11,13H2,(H,23,25,28)/t15-/m1/s1. The molecule has 1 saturated heterocycles. The quantitative estimate of drug-likeness (QED) is 0.661. The molecule has 1 aromatic heterocycles. The van der Waals surface area contributed by atoms with Gasteiger partial charge in [-0.25, -0.2) is 0 Å². The summed E-state index contributed by atoms with van der Waals surface area (Å²) in [6, 6.07) is 15.4. The molecule has 0 saturated carbocycles. The highest BCUT2D eigenvalue weighted by Crippen LogP contribution is 2.36. The van der Waals surface area contributed by atoms with Gasteiger partial charge in [0, 0.05) is 31.1 Å². The van der Waals surface area contributed by atoms with Gasteiger partial charge >= 0.3 is 0 Å². The SMILES string of the molecule is O=C(Nc1nnc(Cc2ccccc2)s1)[C@@H]1CC(=O)N(c2ccc3c(c2)OCCO3)C1. The van der Waals surface area contributed by atoms with Crippen molar-refractivity contribution >= 4 is 34.0 Å². The molecule has 0 aliphatic carbocycles. The highest BCUT2D eigenvalue weighted by molar-refractivity contribution is 7.15. The van der Waals surface area contributed by atoms with Crippen LogP contribution in [0, 0.1) is 5.92 Å². The molecule has 8 nitrogen and oxygen atoms in total. The number of fused-ring (bicyclic) bond motifs is 1. The van der Waals surface area contributed by atoms with Gasteiger partial charge in [-0.15, -0.1) is 10.2 Å². The maximum Gasteiger partial charge on any atom is 0.231 e. The Labute approximate surface area is 182 Å². The first-order valence-electron chi connectivity index (χ1n) is 10.0. The minimum absolute atomic E-state index is 0.0983. The number of carbonyl (C=O) groups excluding carboxylic acids is 2. The van der Waals surface area contributed by atoms with E-state index in [0.29, 0.717) is 48.5 Å². The van der Waals surface area contributed by atoms with Crippen molar-refractivity contribution in [3.8, 4) is 11.5 Å². The average molecular weight is 436 g/mol. The molecular weight excluding hydrogens is 416 g/mol. The smallest absolute Gasteiger partial charge is 0.231 e. The van der Waals surface area contributed by atoms with Crippen molar-refractivity contribution in [2.75, 3.05) is 30.0 Å². The number of carbonyl (C=O) groups is 2. The summed E-state index contributed by atoms with van der Waals surface area (Å²) in [4.78, 5) is 26.9. The number of nitrogens with one attached hydrogen (secondary N) is 1. The van der Waals surface area contributed by atoms with E-state index < -0.39 is 5.92 Å². The summed E-state index contributed by atoms with van der Waals surface area (Å²) in [6.45, 7) is 1.29. The molecule has 31 heavy (non-hydrogen) atoms. The van der Waals surface area contributed by atoms with Crippen LogP contribution in [-0.4, -0.2) is 41.8 Å². The van der Waals surface area contributed by atoms with Gasteiger partial charge in [0.2, 0.25) is 16.9 Å². The van der Waals surface area contributed by atoms with Crippen LogP contribution >= 0.6 is 11.3 Å². The van der Waals surface area contributed by atoms with Gasteiger partial charge in [-0.1, -0.05) is 41.7 Å². The van der Waals surface area contributed by atoms with E-state index in [9.17, 15) is 9.59 Å². The van der Waals surface area contributed by atoms with Gasteiger partial charge in [0.05, 0.1) is 5.92 Å². The fourth-order valence-corrected chi connectivity index (χ4v) is 4.46. The molecule has 0 radical (unpaired) electrons. The van der Waals surface area contributed by atoms with Crippen LogP contribution in [0.15, 0.2) is 48.5 Å². The fraction of sp³-hybridized carbons (Fsp3) is 0.273. The second kappa shape index (κ2) is 8.35. The van der Waals surface area contributed by atoms with Gasteiger partial charge < -0.3 is 19.7 Å². The van der Waals surface area contributed by atoms with Crippen molar-refractivity contribution in [2.24, 2.45) is 5.92 Å². The lowest BCUT2D eigenvalue weighted by atomic mass is 10.1. The Bertz CT molecular complexity index is 1120. The molecule has 2 aromatic carbocycles. The predicted molar refractivity (Wildman–Crippen MR) is 116 cm³/mol. The Morgan fingerprint density at radius 3 is 2.74 bits per heavy atom. The van der Waals surface area contributed by atoms with E-state index in [2.05, 4.69) is 15.5 Å². The van der Waals surface area contributed by atoms with E-state index in [1.165, 1.54) is 11.3 Å². The normalized spacial score (nSPS) is 17.6. The van der Waals surface area contributed by atoms with Crippen LogP contribution in [0.5, 0.6) is 11.5 Å². The zero-order valence-corrected chi connectivity index (χ0v) is 17.4. The lowest BCUT2D eigenvalue weighted by Crippen LogP contribution is -2.28. The first-order valence-corrected chi connectivity index (χ1v) is 10.8. The van der Waals surface area contributed by atoms with Crippen molar-refractivity contribution < 1.29 is 19.1 Å². The second-order valence-electron chi connectivity index (χ2n) is 7.39. The first kappa shape index (κ1) is 19.5. The van der Waals surface area contributed by atoms with Crippen molar-refractivity contribution in [1.29, 1.82) is 0 Å². The van der Waals surface area contributed by atoms with Crippen LogP contribution in [0.3, 0.4) is 0 Å². The molecule has 1 fully saturated rings. The van der Waals surface area contributed by atoms with Gasteiger partial charge in [-0.2, -0.15) is 0 Å². The molecule has 0 spiro atoms. The van der Waals surface area contributed by atoms with E-state index in [1.807, 2.05) is 36.4 Å². The van der Waals surface area contributed by atoms with Gasteiger partial charge in [0.15, 0.2) is 11.5 Å². The van der Waals surface area contributed by atoms with E-state index in [-0.39, 0.29) is 18.2 Å². The molecule has 1 N–H and O–H groups in total. The third kappa shape index (κ3) is 4.22. The molecule has 3 aromatic rings. The fourth-order valence-electron chi connectivity index (χ4n) is 3.69. The van der Waals surface area contributed by atoms with Crippen LogP contribution in [-0.2, 0) is 16.0 Å². The molecule has 0 unspecified atom stereocenters. The Morgan fingerprint density at radius 2 is 1.90 bits per heavy atom. The van der Waals surface area contributed by atoms with Gasteiger partial charge in [0.1, 0.15) is 18.2 Å². The van der Waals surface area contributed by atoms with Gasteiger partial charge in [-0.3, -0.25) is 9.59 Å². The Morgan fingerprint density at radius 1 is 1.10 bits per heavy atom. The van der Waals surface area contributed by atoms with E-state index >= 15 is 0 Å². The molecule has 0 bridgehead atoms. The Kier molecular flexibility index (Phi) is 5.25. The average Bonchev–Trinajstić information content (AvgIpc) is 3.40. The van der Waals surface area contributed by atoms with Gasteiger partial charge in [-0.05, 0) is 17.7 Å². The summed E-state index contributed by atoms with van der Waals surface area (Å²) >= 11 is 1.35.